The van der Waals surface area contributed by atoms with Gasteiger partial charge in [0, 0.05) is 5.56 Å². The second-order valence-electron chi connectivity index (χ2n) is 8.92. The molecule has 1 amide bonds. The van der Waals surface area contributed by atoms with Gasteiger partial charge in [0.15, 0.2) is 0 Å². The summed E-state index contributed by atoms with van der Waals surface area (Å²) in [5, 5.41) is 20.7. The number of amides is 1. The molecule has 1 fully saturated rings. The van der Waals surface area contributed by atoms with Crippen LogP contribution in [0.2, 0.25) is 0 Å². The molecule has 39 heavy (non-hydrogen) atoms. The maximum absolute atomic E-state index is 13.4. The lowest BCUT2D eigenvalue weighted by molar-refractivity contribution is -0.132. The standard InChI is InChI=1S/C29H25N3O7/c1-3-13-39-20-6-4-5-17(14-20)25(33)23-24(16-7-10-19(38-2)11-8-16)32(27(35)26(23)34)29-30-21-12-9-18(28(36)37)15-22(21)31-29/h4-12,14-15,24,33H,3,13H2,1-2H3,(H,30,31)(H,36,37)/b25-23+. The SMILES string of the molecule is CCCOc1cccc(/C(O)=C2\C(=O)C(=O)N(c3nc4ccc(C(=O)O)cc4[nH]3)C2c2ccc(OC)cc2)c1. The molecule has 1 atom stereocenters. The van der Waals surface area contributed by atoms with E-state index in [-0.39, 0.29) is 22.8 Å². The quantitative estimate of drug-likeness (QED) is 0.170. The molecule has 1 aliphatic rings. The van der Waals surface area contributed by atoms with E-state index in [9.17, 15) is 24.6 Å². The molecule has 10 nitrogen and oxygen atoms in total. The number of nitrogens with zero attached hydrogens (tertiary/aromatic N) is 2. The summed E-state index contributed by atoms with van der Waals surface area (Å²) >= 11 is 0. The van der Waals surface area contributed by atoms with Crippen LogP contribution >= 0.6 is 0 Å². The predicted molar refractivity (Wildman–Crippen MR) is 143 cm³/mol. The van der Waals surface area contributed by atoms with Gasteiger partial charge in [-0.1, -0.05) is 31.2 Å². The molecule has 1 saturated heterocycles. The normalized spacial score (nSPS) is 16.6. The number of methoxy groups -OCH3 is 1. The molecule has 1 unspecified atom stereocenters. The summed E-state index contributed by atoms with van der Waals surface area (Å²) in [5.41, 5.74) is 1.55. The van der Waals surface area contributed by atoms with E-state index in [0.717, 1.165) is 6.42 Å². The number of ketones is 1. The van der Waals surface area contributed by atoms with Crippen LogP contribution < -0.4 is 14.4 Å². The third-order valence-corrected chi connectivity index (χ3v) is 6.40. The van der Waals surface area contributed by atoms with Crippen molar-refractivity contribution in [2.45, 2.75) is 19.4 Å². The van der Waals surface area contributed by atoms with Gasteiger partial charge in [-0.2, -0.15) is 0 Å². The van der Waals surface area contributed by atoms with E-state index in [4.69, 9.17) is 9.47 Å². The average Bonchev–Trinajstić information content (AvgIpc) is 3.49. The number of Topliss-reactive ketones (excluding diaryl/α,β-unsaturated/α-hetero) is 1. The van der Waals surface area contributed by atoms with Gasteiger partial charge in [-0.25, -0.2) is 9.78 Å². The molecule has 1 aliphatic heterocycles. The molecular formula is C29H25N3O7. The van der Waals surface area contributed by atoms with Crippen LogP contribution in [0.4, 0.5) is 5.95 Å². The Bertz CT molecular complexity index is 1620. The highest BCUT2D eigenvalue weighted by Crippen LogP contribution is 2.42. The van der Waals surface area contributed by atoms with Crippen molar-refractivity contribution in [1.29, 1.82) is 0 Å². The van der Waals surface area contributed by atoms with Gasteiger partial charge in [-0.05, 0) is 54.4 Å². The Labute approximate surface area is 223 Å². The topological polar surface area (TPSA) is 142 Å². The molecule has 0 spiro atoms. The minimum Gasteiger partial charge on any atom is -0.507 e. The van der Waals surface area contributed by atoms with Gasteiger partial charge in [0.05, 0.1) is 41.9 Å². The van der Waals surface area contributed by atoms with E-state index in [1.165, 1.54) is 30.2 Å². The number of hydrogen-bond donors (Lipinski definition) is 3. The van der Waals surface area contributed by atoms with E-state index >= 15 is 0 Å². The Morgan fingerprint density at radius 2 is 1.77 bits per heavy atom. The molecule has 3 N–H and O–H groups in total. The molecule has 0 bridgehead atoms. The molecule has 0 radical (unpaired) electrons. The minimum atomic E-state index is -1.11. The number of imidazole rings is 1. The third-order valence-electron chi connectivity index (χ3n) is 6.40. The van der Waals surface area contributed by atoms with E-state index in [1.807, 2.05) is 6.92 Å². The largest absolute Gasteiger partial charge is 0.507 e. The van der Waals surface area contributed by atoms with Crippen LogP contribution in [0.3, 0.4) is 0 Å². The highest BCUT2D eigenvalue weighted by atomic mass is 16.5. The fourth-order valence-electron chi connectivity index (χ4n) is 4.50. The smallest absolute Gasteiger partial charge is 0.335 e. The summed E-state index contributed by atoms with van der Waals surface area (Å²) in [6.45, 7) is 2.46. The number of carboxylic acids is 1. The monoisotopic (exact) mass is 527 g/mol. The fraction of sp³-hybridized carbons (Fsp3) is 0.172. The average molecular weight is 528 g/mol. The van der Waals surface area contributed by atoms with Crippen molar-refractivity contribution in [1.82, 2.24) is 9.97 Å². The predicted octanol–water partition coefficient (Wildman–Crippen LogP) is 4.68. The number of ether oxygens (including phenoxy) is 2. The summed E-state index contributed by atoms with van der Waals surface area (Å²) in [6.07, 6.45) is 0.796. The van der Waals surface area contributed by atoms with Gasteiger partial charge in [0.2, 0.25) is 5.95 Å². The van der Waals surface area contributed by atoms with Crippen molar-refractivity contribution >= 4 is 40.4 Å². The van der Waals surface area contributed by atoms with Crippen molar-refractivity contribution in [2.24, 2.45) is 0 Å². The summed E-state index contributed by atoms with van der Waals surface area (Å²) in [6, 6.07) is 16.7. The van der Waals surface area contributed by atoms with Crippen LogP contribution in [-0.4, -0.2) is 51.6 Å². The molecule has 4 aromatic rings. The Hall–Kier alpha value is -5.12. The Morgan fingerprint density at radius 1 is 1.00 bits per heavy atom. The number of aromatic carboxylic acids is 1. The van der Waals surface area contributed by atoms with Gasteiger partial charge in [-0.3, -0.25) is 14.5 Å². The van der Waals surface area contributed by atoms with Gasteiger partial charge < -0.3 is 24.7 Å². The van der Waals surface area contributed by atoms with Crippen LogP contribution in [0, 0.1) is 0 Å². The summed E-state index contributed by atoms with van der Waals surface area (Å²) < 4.78 is 10.9. The van der Waals surface area contributed by atoms with Crippen molar-refractivity contribution in [3.63, 3.8) is 0 Å². The molecule has 0 saturated carbocycles. The van der Waals surface area contributed by atoms with Gasteiger partial charge >= 0.3 is 11.9 Å². The zero-order valence-electron chi connectivity index (χ0n) is 21.2. The Balaban J connectivity index is 1.67. The van der Waals surface area contributed by atoms with Gasteiger partial charge in [-0.15, -0.1) is 0 Å². The number of aliphatic hydroxyl groups excluding tert-OH is 1. The number of carboxylic acid groups (broad SMARTS) is 1. The molecule has 1 aromatic heterocycles. The number of rotatable bonds is 8. The van der Waals surface area contributed by atoms with E-state index in [2.05, 4.69) is 9.97 Å². The number of fused-ring (bicyclic) bond motifs is 1. The van der Waals surface area contributed by atoms with Crippen LogP contribution in [0.1, 0.15) is 40.9 Å². The number of carbonyl (C=O) groups excluding carboxylic acids is 2. The van der Waals surface area contributed by atoms with Crippen molar-refractivity contribution < 1.29 is 34.1 Å². The van der Waals surface area contributed by atoms with E-state index in [1.54, 1.807) is 48.5 Å². The second kappa shape index (κ2) is 10.3. The van der Waals surface area contributed by atoms with Crippen LogP contribution in [0.15, 0.2) is 72.3 Å². The molecule has 3 aromatic carbocycles. The zero-order valence-corrected chi connectivity index (χ0v) is 21.2. The van der Waals surface area contributed by atoms with Crippen LogP contribution in [0.25, 0.3) is 16.8 Å². The van der Waals surface area contributed by atoms with Crippen LogP contribution in [-0.2, 0) is 9.59 Å². The number of benzene rings is 3. The molecule has 0 aliphatic carbocycles. The Morgan fingerprint density at radius 3 is 2.46 bits per heavy atom. The molecule has 5 rings (SSSR count). The second-order valence-corrected chi connectivity index (χ2v) is 8.92. The number of aromatic amines is 1. The molecular weight excluding hydrogens is 502 g/mol. The first kappa shape index (κ1) is 25.5. The fourth-order valence-corrected chi connectivity index (χ4v) is 4.50. The number of H-pyrrole nitrogens is 1. The lowest BCUT2D eigenvalue weighted by Crippen LogP contribution is -2.30. The third kappa shape index (κ3) is 4.68. The molecule has 10 heteroatoms. The first-order chi connectivity index (χ1) is 18.8. The number of aliphatic hydroxyl groups is 1. The maximum atomic E-state index is 13.4. The van der Waals surface area contributed by atoms with Gasteiger partial charge in [0.25, 0.3) is 5.78 Å². The summed E-state index contributed by atoms with van der Waals surface area (Å²) in [7, 11) is 1.52. The highest BCUT2D eigenvalue weighted by molar-refractivity contribution is 6.51. The Kier molecular flexibility index (Phi) is 6.76. The van der Waals surface area contributed by atoms with Crippen molar-refractivity contribution in [2.75, 3.05) is 18.6 Å². The zero-order chi connectivity index (χ0) is 27.7. The first-order valence-electron chi connectivity index (χ1n) is 12.2. The number of hydrogen-bond acceptors (Lipinski definition) is 7. The summed E-state index contributed by atoms with van der Waals surface area (Å²) in [4.78, 5) is 46.9. The number of aromatic nitrogens is 2. The summed E-state index contributed by atoms with van der Waals surface area (Å²) in [5.74, 6) is -2.13. The number of carbonyl (C=O) groups is 3. The van der Waals surface area contributed by atoms with Crippen molar-refractivity contribution in [3.05, 3.63) is 89.0 Å². The lowest BCUT2D eigenvalue weighted by Gasteiger charge is -2.23. The first-order valence-corrected chi connectivity index (χ1v) is 12.2. The van der Waals surface area contributed by atoms with Gasteiger partial charge in [0.1, 0.15) is 17.3 Å². The van der Waals surface area contributed by atoms with Crippen LogP contribution in [0.5, 0.6) is 11.5 Å². The number of anilines is 1. The maximum Gasteiger partial charge on any atom is 0.335 e. The number of nitrogens with one attached hydrogen (secondary N) is 1. The molecule has 198 valence electrons. The van der Waals surface area contributed by atoms with Crippen molar-refractivity contribution in [3.8, 4) is 11.5 Å². The van der Waals surface area contributed by atoms with E-state index in [0.29, 0.717) is 40.3 Å². The highest BCUT2D eigenvalue weighted by Gasteiger charge is 2.48. The molecule has 2 heterocycles. The van der Waals surface area contributed by atoms with E-state index < -0.39 is 23.7 Å². The minimum absolute atomic E-state index is 0.0366. The lowest BCUT2D eigenvalue weighted by atomic mass is 9.95.